The summed E-state index contributed by atoms with van der Waals surface area (Å²) in [7, 11) is -0.235. The van der Waals surface area contributed by atoms with Crippen molar-refractivity contribution >= 4 is 29.2 Å². The van der Waals surface area contributed by atoms with E-state index in [4.69, 9.17) is 9.18 Å². The van der Waals surface area contributed by atoms with E-state index in [1.807, 2.05) is 34.6 Å². The van der Waals surface area contributed by atoms with Gasteiger partial charge in [0.25, 0.3) is 7.48 Å². The van der Waals surface area contributed by atoms with Crippen LogP contribution in [0.5, 0.6) is 0 Å². The van der Waals surface area contributed by atoms with Crippen molar-refractivity contribution in [3.05, 3.63) is 0 Å². The molecule has 0 aliphatic rings. The SMILES string of the molecule is CCC(C)(C)P(O)OBC(BC(C)(C)C)COC(=O)NC(C)C. The zero-order valence-electron chi connectivity index (χ0n) is 16.1. The standard InChI is InChI=1S/C15H34B2NO4P/c1-9-15(7,8)23(20)22-17-12(16-14(4,5)6)10-21-13(19)18-11(2)3/h11-12,16-17,20H,9-10H2,1-8H3,(H,18,19). The first-order valence-corrected chi connectivity index (χ1v) is 9.64. The number of hydrogen-bond acceptors (Lipinski definition) is 4. The van der Waals surface area contributed by atoms with Gasteiger partial charge in [-0.3, -0.25) is 0 Å². The van der Waals surface area contributed by atoms with Gasteiger partial charge in [-0.15, -0.1) is 0 Å². The summed E-state index contributed by atoms with van der Waals surface area (Å²) in [6.45, 7) is 16.6. The van der Waals surface area contributed by atoms with Crippen molar-refractivity contribution in [1.82, 2.24) is 5.32 Å². The highest BCUT2D eigenvalue weighted by Crippen LogP contribution is 2.48. The van der Waals surface area contributed by atoms with Crippen LogP contribution >= 0.6 is 8.38 Å². The zero-order valence-corrected chi connectivity index (χ0v) is 17.0. The minimum atomic E-state index is -1.49. The molecule has 0 saturated carbocycles. The summed E-state index contributed by atoms with van der Waals surface area (Å²) in [5, 5.41) is 2.59. The van der Waals surface area contributed by atoms with Crippen LogP contribution in [0.1, 0.15) is 61.8 Å². The number of ether oxygens (including phenoxy) is 1. The van der Waals surface area contributed by atoms with Gasteiger partial charge in [0.05, 0.1) is 6.61 Å². The lowest BCUT2D eigenvalue weighted by Crippen LogP contribution is -2.33. The van der Waals surface area contributed by atoms with Crippen LogP contribution in [0.3, 0.4) is 0 Å². The number of carbonyl (C=O) groups excluding carboxylic acids is 1. The van der Waals surface area contributed by atoms with Crippen molar-refractivity contribution in [3.8, 4) is 0 Å². The second-order valence-electron chi connectivity index (χ2n) is 8.26. The third-order valence-electron chi connectivity index (χ3n) is 3.57. The molecule has 1 amide bonds. The van der Waals surface area contributed by atoms with Gasteiger partial charge in [-0.2, -0.15) is 0 Å². The highest BCUT2D eigenvalue weighted by molar-refractivity contribution is 7.49. The molecule has 0 saturated heterocycles. The molecule has 0 fully saturated rings. The Hall–Kier alpha value is -0.250. The number of hydrogen-bond donors (Lipinski definition) is 2. The van der Waals surface area contributed by atoms with Gasteiger partial charge in [-0.25, -0.2) is 4.79 Å². The van der Waals surface area contributed by atoms with Crippen LogP contribution in [-0.4, -0.2) is 43.6 Å². The van der Waals surface area contributed by atoms with E-state index in [9.17, 15) is 9.69 Å². The van der Waals surface area contributed by atoms with Crippen molar-refractivity contribution in [1.29, 1.82) is 0 Å². The maximum Gasteiger partial charge on any atom is 0.407 e. The van der Waals surface area contributed by atoms with E-state index in [-0.39, 0.29) is 22.2 Å². The first kappa shape index (κ1) is 22.7. The summed E-state index contributed by atoms with van der Waals surface area (Å²) in [5.41, 5.74) is 0.0673. The molecule has 23 heavy (non-hydrogen) atoms. The van der Waals surface area contributed by atoms with Gasteiger partial charge in [0, 0.05) is 11.2 Å². The zero-order chi connectivity index (χ0) is 18.3. The molecule has 0 radical (unpaired) electrons. The Balaban J connectivity index is 4.55. The van der Waals surface area contributed by atoms with Gasteiger partial charge in [0.15, 0.2) is 8.38 Å². The Kier molecular flexibility index (Phi) is 9.80. The molecule has 0 aromatic carbocycles. The van der Waals surface area contributed by atoms with E-state index >= 15 is 0 Å². The number of amides is 1. The fourth-order valence-corrected chi connectivity index (χ4v) is 2.96. The topological polar surface area (TPSA) is 67.8 Å². The normalized spacial score (nSPS) is 15.0. The largest absolute Gasteiger partial charge is 0.451 e. The Labute approximate surface area is 144 Å². The second kappa shape index (κ2) is 9.90. The van der Waals surface area contributed by atoms with E-state index in [0.717, 1.165) is 13.7 Å². The van der Waals surface area contributed by atoms with Crippen LogP contribution in [0.2, 0.25) is 11.0 Å². The van der Waals surface area contributed by atoms with Gasteiger partial charge in [0.1, 0.15) is 7.28 Å². The minimum Gasteiger partial charge on any atom is -0.451 e. The fourth-order valence-electron chi connectivity index (χ4n) is 1.99. The predicted molar refractivity (Wildman–Crippen MR) is 102 cm³/mol. The van der Waals surface area contributed by atoms with Crippen LogP contribution in [0.15, 0.2) is 0 Å². The van der Waals surface area contributed by atoms with Gasteiger partial charge < -0.3 is 19.4 Å². The molecule has 0 rings (SSSR count). The van der Waals surface area contributed by atoms with Crippen molar-refractivity contribution in [2.75, 3.05) is 6.61 Å². The average Bonchev–Trinajstić information content (AvgIpc) is 2.39. The van der Waals surface area contributed by atoms with Gasteiger partial charge in [-0.1, -0.05) is 46.9 Å². The smallest absolute Gasteiger partial charge is 0.407 e. The van der Waals surface area contributed by atoms with Crippen molar-refractivity contribution < 1.29 is 18.9 Å². The van der Waals surface area contributed by atoms with Crippen molar-refractivity contribution in [2.24, 2.45) is 0 Å². The van der Waals surface area contributed by atoms with E-state index in [2.05, 4.69) is 26.1 Å². The van der Waals surface area contributed by atoms with E-state index < -0.39 is 14.5 Å². The Bertz CT molecular complexity index is 362. The average molecular weight is 345 g/mol. The van der Waals surface area contributed by atoms with E-state index in [1.165, 1.54) is 0 Å². The molecule has 2 unspecified atom stereocenters. The monoisotopic (exact) mass is 345 g/mol. The molecule has 134 valence electrons. The number of alkyl carbamates (subject to hydrolysis) is 1. The molecular weight excluding hydrogens is 311 g/mol. The molecule has 0 bridgehead atoms. The number of nitrogens with one attached hydrogen (secondary N) is 1. The van der Waals surface area contributed by atoms with Gasteiger partial charge in [-0.05, 0) is 26.0 Å². The molecule has 0 aliphatic heterocycles. The molecule has 0 aliphatic carbocycles. The lowest BCUT2D eigenvalue weighted by molar-refractivity contribution is 0.146. The van der Waals surface area contributed by atoms with Crippen LogP contribution in [0.25, 0.3) is 0 Å². The molecule has 0 heterocycles. The quantitative estimate of drug-likeness (QED) is 0.497. The van der Waals surface area contributed by atoms with Crippen molar-refractivity contribution in [3.63, 3.8) is 0 Å². The number of carbonyl (C=O) groups is 1. The molecular formula is C15H34B2NO4P. The first-order valence-electron chi connectivity index (χ1n) is 8.42. The van der Waals surface area contributed by atoms with E-state index in [0.29, 0.717) is 14.1 Å². The summed E-state index contributed by atoms with van der Waals surface area (Å²) in [6.07, 6.45) is 0.450. The van der Waals surface area contributed by atoms with Crippen LogP contribution in [0, 0.1) is 0 Å². The molecule has 2 atom stereocenters. The van der Waals surface area contributed by atoms with Crippen molar-refractivity contribution in [2.45, 2.75) is 84.0 Å². The molecule has 0 aromatic rings. The third-order valence-corrected chi connectivity index (χ3v) is 5.32. The summed E-state index contributed by atoms with van der Waals surface area (Å²) < 4.78 is 11.0. The van der Waals surface area contributed by atoms with Gasteiger partial charge in [0.2, 0.25) is 0 Å². The summed E-state index contributed by atoms with van der Waals surface area (Å²) in [5.74, 6) is 0. The number of rotatable bonds is 9. The Morgan fingerprint density at radius 2 is 1.83 bits per heavy atom. The Morgan fingerprint density at radius 3 is 2.26 bits per heavy atom. The molecule has 5 nitrogen and oxygen atoms in total. The van der Waals surface area contributed by atoms with E-state index in [1.54, 1.807) is 0 Å². The summed E-state index contributed by atoms with van der Waals surface area (Å²) >= 11 is 0. The maximum atomic E-state index is 11.6. The Morgan fingerprint density at radius 1 is 1.26 bits per heavy atom. The summed E-state index contributed by atoms with van der Waals surface area (Å²) in [4.78, 5) is 21.9. The predicted octanol–water partition coefficient (Wildman–Crippen LogP) is 3.38. The molecule has 2 N–H and O–H groups in total. The highest BCUT2D eigenvalue weighted by atomic mass is 31.2. The molecule has 0 aromatic heterocycles. The lowest BCUT2D eigenvalue weighted by Gasteiger charge is -2.30. The summed E-state index contributed by atoms with van der Waals surface area (Å²) in [6, 6.07) is 0.0513. The highest BCUT2D eigenvalue weighted by Gasteiger charge is 2.30. The fraction of sp³-hybridized carbons (Fsp3) is 0.933. The third kappa shape index (κ3) is 11.0. The first-order chi connectivity index (χ1) is 10.4. The lowest BCUT2D eigenvalue weighted by atomic mass is 9.41. The molecule has 0 spiro atoms. The van der Waals surface area contributed by atoms with Crippen LogP contribution in [0.4, 0.5) is 4.79 Å². The second-order valence-corrected chi connectivity index (χ2v) is 10.3. The minimum absolute atomic E-state index is 0.0513. The molecule has 8 heteroatoms. The van der Waals surface area contributed by atoms with Crippen LogP contribution in [-0.2, 0) is 9.18 Å². The van der Waals surface area contributed by atoms with Gasteiger partial charge >= 0.3 is 6.09 Å². The maximum absolute atomic E-state index is 11.6. The van der Waals surface area contributed by atoms with Crippen LogP contribution < -0.4 is 5.32 Å².